The minimum atomic E-state index is -1.56. The molecule has 11 N–H and O–H groups in total. The van der Waals surface area contributed by atoms with Crippen molar-refractivity contribution >= 4 is 34.6 Å². The van der Waals surface area contributed by atoms with E-state index in [0.717, 1.165) is 16.5 Å². The van der Waals surface area contributed by atoms with Gasteiger partial charge in [0.15, 0.2) is 0 Å². The van der Waals surface area contributed by atoms with Gasteiger partial charge in [-0.3, -0.25) is 14.4 Å². The molecule has 5 atom stereocenters. The molecule has 204 valence electrons. The Bertz CT molecular complexity index is 1070. The molecular weight excluding hydrogens is 484 g/mol. The van der Waals surface area contributed by atoms with Gasteiger partial charge in [0, 0.05) is 17.1 Å². The number of hydrogen-bond donors (Lipinski definition) is 9. The van der Waals surface area contributed by atoms with Crippen LogP contribution in [-0.4, -0.2) is 87.4 Å². The first-order chi connectivity index (χ1) is 17.6. The highest BCUT2D eigenvalue weighted by Crippen LogP contribution is 2.18. The third-order valence-corrected chi connectivity index (χ3v) is 5.89. The maximum atomic E-state index is 13.0. The van der Waals surface area contributed by atoms with Crippen LogP contribution in [0.3, 0.4) is 0 Å². The highest BCUT2D eigenvalue weighted by Gasteiger charge is 2.32. The van der Waals surface area contributed by atoms with Gasteiger partial charge in [-0.15, -0.1) is 0 Å². The van der Waals surface area contributed by atoms with Crippen LogP contribution < -0.4 is 27.4 Å². The van der Waals surface area contributed by atoms with Gasteiger partial charge in [0.05, 0.1) is 18.8 Å². The second-order valence-electron chi connectivity index (χ2n) is 8.82. The van der Waals surface area contributed by atoms with Gasteiger partial charge in [-0.1, -0.05) is 18.2 Å². The number of fused-ring (bicyclic) bond motifs is 1. The first-order valence-electron chi connectivity index (χ1n) is 12.0. The van der Waals surface area contributed by atoms with Crippen LogP contribution in [-0.2, 0) is 25.6 Å². The summed E-state index contributed by atoms with van der Waals surface area (Å²) in [5, 5.41) is 36.4. The lowest BCUT2D eigenvalue weighted by Crippen LogP contribution is -2.60. The lowest BCUT2D eigenvalue weighted by atomic mass is 10.0. The molecule has 1 heterocycles. The first kappa shape index (κ1) is 29.7. The molecule has 13 nitrogen and oxygen atoms in total. The molecule has 37 heavy (non-hydrogen) atoms. The van der Waals surface area contributed by atoms with Gasteiger partial charge < -0.3 is 47.7 Å². The summed E-state index contributed by atoms with van der Waals surface area (Å²) in [6.45, 7) is 0.800. The maximum absolute atomic E-state index is 13.0. The Morgan fingerprint density at radius 2 is 1.68 bits per heavy atom. The quantitative estimate of drug-likeness (QED) is 0.119. The monoisotopic (exact) mass is 520 g/mol. The number of para-hydroxylation sites is 1. The summed E-state index contributed by atoms with van der Waals surface area (Å²) in [5.74, 6) is -3.81. The van der Waals surface area contributed by atoms with E-state index in [9.17, 15) is 29.4 Å². The van der Waals surface area contributed by atoms with E-state index >= 15 is 0 Å². The standard InChI is InChI=1S/C24H36N6O7/c1-13(32)20(30-21(33)16(26)10-14-11-27-17-7-3-2-6-15(14)17)23(35)28-18(8-4-5-9-25)22(34)29-19(12-31)24(36)37/h2-3,6-7,11,13,16,18-20,27,31-32H,4-5,8-10,12,25-26H2,1H3,(H,28,35)(H,29,34)(H,30,33)(H,36,37). The average molecular weight is 521 g/mol. The smallest absolute Gasteiger partial charge is 0.328 e. The van der Waals surface area contributed by atoms with E-state index in [2.05, 4.69) is 20.9 Å². The molecule has 0 radical (unpaired) electrons. The topological polar surface area (TPSA) is 233 Å². The number of amides is 3. The number of aromatic nitrogens is 1. The number of carbonyl (C=O) groups excluding carboxylic acids is 3. The van der Waals surface area contributed by atoms with Crippen molar-refractivity contribution in [2.75, 3.05) is 13.2 Å². The summed E-state index contributed by atoms with van der Waals surface area (Å²) in [6.07, 6.45) is 1.69. The van der Waals surface area contributed by atoms with Crippen LogP contribution in [0.2, 0.25) is 0 Å². The number of aliphatic hydroxyl groups excluding tert-OH is 2. The number of carbonyl (C=O) groups is 4. The second kappa shape index (κ2) is 14.3. The van der Waals surface area contributed by atoms with Crippen molar-refractivity contribution < 1.29 is 34.5 Å². The van der Waals surface area contributed by atoms with Gasteiger partial charge in [-0.25, -0.2) is 4.79 Å². The fraction of sp³-hybridized carbons (Fsp3) is 0.500. The van der Waals surface area contributed by atoms with Crippen molar-refractivity contribution in [2.24, 2.45) is 11.5 Å². The predicted octanol–water partition coefficient (Wildman–Crippen LogP) is -1.92. The summed E-state index contributed by atoms with van der Waals surface area (Å²) in [7, 11) is 0. The Morgan fingerprint density at radius 1 is 1.00 bits per heavy atom. The van der Waals surface area contributed by atoms with Crippen molar-refractivity contribution in [1.82, 2.24) is 20.9 Å². The van der Waals surface area contributed by atoms with Gasteiger partial charge >= 0.3 is 5.97 Å². The Hall–Kier alpha value is -3.52. The molecule has 0 aliphatic heterocycles. The Labute approximate surface area is 214 Å². The average Bonchev–Trinajstić information content (AvgIpc) is 3.27. The maximum Gasteiger partial charge on any atom is 0.328 e. The third kappa shape index (κ3) is 8.53. The number of nitrogens with one attached hydrogen (secondary N) is 4. The van der Waals surface area contributed by atoms with Gasteiger partial charge in [-0.2, -0.15) is 0 Å². The lowest BCUT2D eigenvalue weighted by Gasteiger charge is -2.26. The van der Waals surface area contributed by atoms with E-state index in [1.54, 1.807) is 6.20 Å². The number of aliphatic carboxylic acids is 1. The molecule has 2 aromatic rings. The molecular formula is C24H36N6O7. The summed E-state index contributed by atoms with van der Waals surface area (Å²) in [5.41, 5.74) is 13.3. The van der Waals surface area contributed by atoms with Crippen LogP contribution in [0.25, 0.3) is 10.9 Å². The Kier molecular flexibility index (Phi) is 11.5. The third-order valence-electron chi connectivity index (χ3n) is 5.89. The zero-order valence-corrected chi connectivity index (χ0v) is 20.6. The predicted molar refractivity (Wildman–Crippen MR) is 135 cm³/mol. The number of nitrogens with two attached hydrogens (primary N) is 2. The van der Waals surface area contributed by atoms with Crippen LogP contribution in [0.1, 0.15) is 31.7 Å². The number of aromatic amines is 1. The van der Waals surface area contributed by atoms with Crippen LogP contribution in [0.5, 0.6) is 0 Å². The van der Waals surface area contributed by atoms with Crippen molar-refractivity contribution in [3.63, 3.8) is 0 Å². The number of H-pyrrole nitrogens is 1. The summed E-state index contributed by atoms with van der Waals surface area (Å²) >= 11 is 0. The first-order valence-corrected chi connectivity index (χ1v) is 12.0. The second-order valence-corrected chi connectivity index (χ2v) is 8.82. The molecule has 0 aliphatic carbocycles. The van der Waals surface area contributed by atoms with Crippen molar-refractivity contribution in [1.29, 1.82) is 0 Å². The molecule has 0 saturated carbocycles. The number of unbranched alkanes of at least 4 members (excludes halogenated alkanes) is 1. The van der Waals surface area contributed by atoms with Crippen LogP contribution in [0, 0.1) is 0 Å². The van der Waals surface area contributed by atoms with Gasteiger partial charge in [0.25, 0.3) is 0 Å². The molecule has 0 spiro atoms. The van der Waals surface area contributed by atoms with E-state index in [0.29, 0.717) is 19.4 Å². The van der Waals surface area contributed by atoms with Crippen LogP contribution in [0.4, 0.5) is 0 Å². The van der Waals surface area contributed by atoms with E-state index in [-0.39, 0.29) is 12.8 Å². The van der Waals surface area contributed by atoms with E-state index in [1.807, 2.05) is 24.3 Å². The molecule has 1 aromatic heterocycles. The lowest BCUT2D eigenvalue weighted by molar-refractivity contribution is -0.143. The molecule has 1 aromatic carbocycles. The molecule has 3 amide bonds. The number of aliphatic hydroxyl groups is 2. The number of hydrogen-bond acceptors (Lipinski definition) is 8. The molecule has 0 aliphatic rings. The van der Waals surface area contributed by atoms with Gasteiger partial charge in [0.1, 0.15) is 18.1 Å². The van der Waals surface area contributed by atoms with Crippen LogP contribution in [0.15, 0.2) is 30.5 Å². The molecule has 13 heteroatoms. The zero-order chi connectivity index (χ0) is 27.5. The van der Waals surface area contributed by atoms with E-state index < -0.39 is 60.6 Å². The molecule has 5 unspecified atom stereocenters. The largest absolute Gasteiger partial charge is 0.480 e. The Morgan fingerprint density at radius 3 is 2.30 bits per heavy atom. The van der Waals surface area contributed by atoms with Crippen molar-refractivity contribution in [3.8, 4) is 0 Å². The Balaban J connectivity index is 2.08. The number of benzene rings is 1. The van der Waals surface area contributed by atoms with E-state index in [4.69, 9.17) is 16.6 Å². The summed E-state index contributed by atoms with van der Waals surface area (Å²) in [4.78, 5) is 52.7. The number of carboxylic acids is 1. The number of rotatable bonds is 15. The van der Waals surface area contributed by atoms with Crippen LogP contribution >= 0.6 is 0 Å². The molecule has 0 bridgehead atoms. The van der Waals surface area contributed by atoms with Gasteiger partial charge in [0.2, 0.25) is 17.7 Å². The summed E-state index contributed by atoms with van der Waals surface area (Å²) < 4.78 is 0. The fourth-order valence-electron chi connectivity index (χ4n) is 3.78. The number of carboxylic acid groups (broad SMARTS) is 1. The van der Waals surface area contributed by atoms with Gasteiger partial charge in [-0.05, 0) is 50.8 Å². The normalized spacial score (nSPS) is 15.3. The fourth-order valence-corrected chi connectivity index (χ4v) is 3.78. The highest BCUT2D eigenvalue weighted by molar-refractivity contribution is 5.94. The molecule has 0 saturated heterocycles. The van der Waals surface area contributed by atoms with E-state index in [1.165, 1.54) is 6.92 Å². The summed E-state index contributed by atoms with van der Waals surface area (Å²) in [6, 6.07) is 2.30. The van der Waals surface area contributed by atoms with Crippen molar-refractivity contribution in [2.45, 2.75) is 62.9 Å². The highest BCUT2D eigenvalue weighted by atomic mass is 16.4. The molecule has 2 rings (SSSR count). The molecule has 0 fully saturated rings. The minimum absolute atomic E-state index is 0.118. The SMILES string of the molecule is CC(O)C(NC(=O)C(N)Cc1c[nH]c2ccccc12)C(=O)NC(CCCCN)C(=O)NC(CO)C(=O)O. The minimum Gasteiger partial charge on any atom is -0.480 e. The zero-order valence-electron chi connectivity index (χ0n) is 20.6. The van der Waals surface area contributed by atoms with Crippen molar-refractivity contribution in [3.05, 3.63) is 36.0 Å².